The van der Waals surface area contributed by atoms with E-state index in [-0.39, 0.29) is 11.9 Å². The van der Waals surface area contributed by atoms with Gasteiger partial charge in [0.1, 0.15) is 5.82 Å². The third-order valence-electron chi connectivity index (χ3n) is 3.84. The van der Waals surface area contributed by atoms with Gasteiger partial charge in [-0.05, 0) is 49.7 Å². The summed E-state index contributed by atoms with van der Waals surface area (Å²) in [4.78, 5) is 2.33. The van der Waals surface area contributed by atoms with Crippen LogP contribution in [0.4, 0.5) is 4.39 Å². The van der Waals surface area contributed by atoms with Gasteiger partial charge in [-0.1, -0.05) is 29.8 Å². The molecule has 2 nitrogen and oxygen atoms in total. The lowest BCUT2D eigenvalue weighted by Crippen LogP contribution is -2.32. The molecule has 2 unspecified atom stereocenters. The predicted molar refractivity (Wildman–Crippen MR) is 80.7 cm³/mol. The molecule has 1 fully saturated rings. The Hall–Kier alpha value is -0.450. The minimum absolute atomic E-state index is 0.158. The minimum atomic E-state index is -0.158. The molecule has 1 aromatic rings. The Labute approximate surface area is 123 Å². The van der Waals surface area contributed by atoms with Crippen molar-refractivity contribution in [1.82, 2.24) is 10.2 Å². The van der Waals surface area contributed by atoms with Crippen LogP contribution in [-0.4, -0.2) is 31.1 Å². The maximum Gasteiger partial charge on any atom is 0.123 e. The van der Waals surface area contributed by atoms with Crippen molar-refractivity contribution in [1.29, 1.82) is 0 Å². The molecule has 19 heavy (non-hydrogen) atoms. The van der Waals surface area contributed by atoms with Crippen LogP contribution in [0.1, 0.15) is 31.9 Å². The topological polar surface area (TPSA) is 15.3 Å². The molecule has 0 bridgehead atoms. The fraction of sp³-hybridized carbons (Fsp3) is 0.600. The molecule has 106 valence electrons. The second-order valence-corrected chi connectivity index (χ2v) is 6.56. The Bertz CT molecular complexity index is 436. The van der Waals surface area contributed by atoms with Gasteiger partial charge < -0.3 is 5.32 Å². The molecule has 2 rings (SSSR count). The molecule has 1 saturated heterocycles. The fourth-order valence-corrected chi connectivity index (χ4v) is 3.34. The van der Waals surface area contributed by atoms with E-state index in [1.165, 1.54) is 6.07 Å². The largest absolute Gasteiger partial charge is 0.314 e. The van der Waals surface area contributed by atoms with Gasteiger partial charge >= 0.3 is 0 Å². The smallest absolute Gasteiger partial charge is 0.123 e. The number of hydrogen-bond donors (Lipinski definition) is 1. The molecule has 2 atom stereocenters. The van der Waals surface area contributed by atoms with Crippen LogP contribution in [0.15, 0.2) is 22.7 Å². The second-order valence-electron chi connectivity index (χ2n) is 5.70. The lowest BCUT2D eigenvalue weighted by atomic mass is 9.93. The standard InChI is InChI=1S/C15H22BrFN2/c1-10(2)18-9-11-6-7-19(3)15(11)13-8-12(17)4-5-14(13)16/h4-5,8,10-11,15,18H,6-7,9H2,1-3H3. The van der Waals surface area contributed by atoms with Crippen LogP contribution in [0.2, 0.25) is 0 Å². The molecule has 0 aliphatic carbocycles. The molecule has 0 spiro atoms. The molecule has 0 radical (unpaired) electrons. The highest BCUT2D eigenvalue weighted by Crippen LogP contribution is 2.39. The van der Waals surface area contributed by atoms with Crippen molar-refractivity contribution in [3.8, 4) is 0 Å². The van der Waals surface area contributed by atoms with E-state index in [9.17, 15) is 4.39 Å². The Morgan fingerprint density at radius 1 is 1.47 bits per heavy atom. The van der Waals surface area contributed by atoms with E-state index in [1.807, 2.05) is 6.07 Å². The molecule has 1 heterocycles. The summed E-state index contributed by atoms with van der Waals surface area (Å²) in [5, 5.41) is 3.51. The van der Waals surface area contributed by atoms with Crippen molar-refractivity contribution >= 4 is 15.9 Å². The molecule has 1 aliphatic rings. The minimum Gasteiger partial charge on any atom is -0.314 e. The molecule has 0 saturated carbocycles. The lowest BCUT2D eigenvalue weighted by Gasteiger charge is -2.27. The molecule has 1 aliphatic heterocycles. The van der Waals surface area contributed by atoms with E-state index < -0.39 is 0 Å². The first kappa shape index (κ1) is 14.9. The van der Waals surface area contributed by atoms with Gasteiger partial charge in [-0.2, -0.15) is 0 Å². The van der Waals surface area contributed by atoms with E-state index >= 15 is 0 Å². The zero-order chi connectivity index (χ0) is 14.0. The first-order valence-electron chi connectivity index (χ1n) is 6.87. The van der Waals surface area contributed by atoms with Crippen LogP contribution in [0.5, 0.6) is 0 Å². The van der Waals surface area contributed by atoms with Gasteiger partial charge in [0.25, 0.3) is 0 Å². The Morgan fingerprint density at radius 3 is 2.89 bits per heavy atom. The molecule has 1 N–H and O–H groups in total. The number of halogens is 2. The van der Waals surface area contributed by atoms with Crippen molar-refractivity contribution in [3.05, 3.63) is 34.1 Å². The first-order valence-corrected chi connectivity index (χ1v) is 7.67. The van der Waals surface area contributed by atoms with Crippen molar-refractivity contribution in [2.24, 2.45) is 5.92 Å². The first-order chi connectivity index (χ1) is 8.99. The number of benzene rings is 1. The Morgan fingerprint density at radius 2 is 2.21 bits per heavy atom. The molecule has 4 heteroatoms. The maximum atomic E-state index is 13.5. The van der Waals surface area contributed by atoms with Gasteiger partial charge in [0.15, 0.2) is 0 Å². The quantitative estimate of drug-likeness (QED) is 0.908. The summed E-state index contributed by atoms with van der Waals surface area (Å²) >= 11 is 3.56. The van der Waals surface area contributed by atoms with Crippen LogP contribution in [0.25, 0.3) is 0 Å². The van der Waals surface area contributed by atoms with Crippen molar-refractivity contribution in [2.75, 3.05) is 20.1 Å². The molecule has 1 aromatic carbocycles. The van der Waals surface area contributed by atoms with E-state index in [0.717, 1.165) is 29.5 Å². The van der Waals surface area contributed by atoms with Gasteiger partial charge in [0, 0.05) is 23.1 Å². The van der Waals surface area contributed by atoms with Crippen LogP contribution in [0.3, 0.4) is 0 Å². The fourth-order valence-electron chi connectivity index (χ4n) is 2.86. The SMILES string of the molecule is CC(C)NCC1CCN(C)C1c1cc(F)ccc1Br. The normalized spacial score (nSPS) is 24.3. The van der Waals surface area contributed by atoms with Gasteiger partial charge in [-0.3, -0.25) is 4.90 Å². The summed E-state index contributed by atoms with van der Waals surface area (Å²) in [6, 6.07) is 5.76. The third kappa shape index (κ3) is 3.56. The highest BCUT2D eigenvalue weighted by molar-refractivity contribution is 9.10. The van der Waals surface area contributed by atoms with E-state index in [0.29, 0.717) is 12.0 Å². The van der Waals surface area contributed by atoms with Crippen LogP contribution < -0.4 is 5.32 Å². The highest BCUT2D eigenvalue weighted by Gasteiger charge is 2.34. The monoisotopic (exact) mass is 328 g/mol. The molecular formula is C15H22BrFN2. The van der Waals surface area contributed by atoms with Gasteiger partial charge in [-0.15, -0.1) is 0 Å². The summed E-state index contributed by atoms with van der Waals surface area (Å²) in [5.74, 6) is 0.375. The van der Waals surface area contributed by atoms with Crippen LogP contribution in [-0.2, 0) is 0 Å². The van der Waals surface area contributed by atoms with E-state index in [1.54, 1.807) is 6.07 Å². The number of nitrogens with one attached hydrogen (secondary N) is 1. The van der Waals surface area contributed by atoms with Crippen molar-refractivity contribution in [3.63, 3.8) is 0 Å². The summed E-state index contributed by atoms with van der Waals surface area (Å²) < 4.78 is 14.5. The molecule has 0 amide bonds. The van der Waals surface area contributed by atoms with Crippen molar-refractivity contribution < 1.29 is 4.39 Å². The number of nitrogens with zero attached hydrogens (tertiary/aromatic N) is 1. The summed E-state index contributed by atoms with van der Waals surface area (Å²) in [6.07, 6.45) is 1.16. The Kier molecular flexibility index (Phi) is 4.98. The lowest BCUT2D eigenvalue weighted by molar-refractivity contribution is 0.268. The predicted octanol–water partition coefficient (Wildman–Crippen LogP) is 3.58. The van der Waals surface area contributed by atoms with Gasteiger partial charge in [0.05, 0.1) is 0 Å². The highest BCUT2D eigenvalue weighted by atomic mass is 79.9. The van der Waals surface area contributed by atoms with E-state index in [2.05, 4.69) is 47.0 Å². The van der Waals surface area contributed by atoms with Gasteiger partial charge in [-0.25, -0.2) is 4.39 Å². The van der Waals surface area contributed by atoms with Crippen LogP contribution >= 0.6 is 15.9 Å². The average molecular weight is 329 g/mol. The number of hydrogen-bond acceptors (Lipinski definition) is 2. The number of likely N-dealkylation sites (tertiary alicyclic amines) is 1. The zero-order valence-corrected chi connectivity index (χ0v) is 13.4. The second kappa shape index (κ2) is 6.33. The summed E-state index contributed by atoms with van der Waals surface area (Å²) in [5.41, 5.74) is 1.07. The third-order valence-corrected chi connectivity index (χ3v) is 4.56. The van der Waals surface area contributed by atoms with Crippen LogP contribution in [0, 0.1) is 11.7 Å². The van der Waals surface area contributed by atoms with Crippen molar-refractivity contribution in [2.45, 2.75) is 32.4 Å². The Balaban J connectivity index is 2.21. The number of rotatable bonds is 4. The zero-order valence-electron chi connectivity index (χ0n) is 11.8. The molecule has 0 aromatic heterocycles. The van der Waals surface area contributed by atoms with Gasteiger partial charge in [0.2, 0.25) is 0 Å². The summed E-state index contributed by atoms with van der Waals surface area (Å²) in [6.45, 7) is 6.37. The van der Waals surface area contributed by atoms with E-state index in [4.69, 9.17) is 0 Å². The maximum absolute atomic E-state index is 13.5. The molecular weight excluding hydrogens is 307 g/mol. The summed E-state index contributed by atoms with van der Waals surface area (Å²) in [7, 11) is 2.12. The average Bonchev–Trinajstić information content (AvgIpc) is 2.71.